The molecule has 0 aliphatic rings. The second-order valence-electron chi connectivity index (χ2n) is 8.07. The molecule has 0 fully saturated rings. The molecule has 1 aromatic carbocycles. The van der Waals surface area contributed by atoms with Crippen molar-refractivity contribution in [2.45, 2.75) is 78.6 Å². The summed E-state index contributed by atoms with van der Waals surface area (Å²) in [5, 5.41) is 0. The van der Waals surface area contributed by atoms with E-state index in [9.17, 15) is 4.79 Å². The van der Waals surface area contributed by atoms with Crippen LogP contribution in [-0.2, 0) is 4.79 Å². The number of aromatic nitrogens is 1. The fourth-order valence-electron chi connectivity index (χ4n) is 3.10. The lowest BCUT2D eigenvalue weighted by Gasteiger charge is -2.11. The van der Waals surface area contributed by atoms with Gasteiger partial charge in [0.15, 0.2) is 0 Å². The highest BCUT2D eigenvalue weighted by Gasteiger charge is 2.07. The van der Waals surface area contributed by atoms with Crippen LogP contribution in [0.1, 0.15) is 78.6 Å². The minimum absolute atomic E-state index is 0.155. The van der Waals surface area contributed by atoms with Crippen LogP contribution in [0.15, 0.2) is 42.6 Å². The molecule has 1 heterocycles. The molecule has 4 nitrogen and oxygen atoms in total. The summed E-state index contributed by atoms with van der Waals surface area (Å²) in [5.41, 5.74) is 1.85. The van der Waals surface area contributed by atoms with E-state index in [2.05, 4.69) is 25.8 Å². The number of carbonyl (C=O) groups is 1. The van der Waals surface area contributed by atoms with Gasteiger partial charge in [-0.05, 0) is 48.7 Å². The van der Waals surface area contributed by atoms with Crippen LogP contribution in [0.25, 0.3) is 11.3 Å². The van der Waals surface area contributed by atoms with Gasteiger partial charge in [-0.1, -0.05) is 65.7 Å². The lowest BCUT2D eigenvalue weighted by Crippen LogP contribution is -2.07. The highest BCUT2D eigenvalue weighted by atomic mass is 16.5. The number of nitrogens with zero attached hydrogens (tertiary/aromatic N) is 1. The van der Waals surface area contributed by atoms with Gasteiger partial charge in [-0.2, -0.15) is 0 Å². The number of benzene rings is 1. The number of ether oxygens (including phenoxy) is 2. The molecular weight excluding hydrogens is 374 g/mol. The first-order valence-corrected chi connectivity index (χ1v) is 11.5. The first-order chi connectivity index (χ1) is 14.6. The maximum absolute atomic E-state index is 12.0. The zero-order valence-corrected chi connectivity index (χ0v) is 18.9. The molecule has 0 saturated carbocycles. The van der Waals surface area contributed by atoms with Crippen LogP contribution >= 0.6 is 0 Å². The summed E-state index contributed by atoms with van der Waals surface area (Å²) in [7, 11) is 0. The number of hydrogen-bond acceptors (Lipinski definition) is 4. The third-order valence-electron chi connectivity index (χ3n) is 5.33. The van der Waals surface area contributed by atoms with E-state index in [4.69, 9.17) is 9.47 Å². The van der Waals surface area contributed by atoms with Crippen LogP contribution in [0.3, 0.4) is 0 Å². The Balaban J connectivity index is 1.74. The average Bonchev–Trinajstić information content (AvgIpc) is 2.77. The summed E-state index contributed by atoms with van der Waals surface area (Å²) in [6.45, 7) is 7.26. The fourth-order valence-corrected chi connectivity index (χ4v) is 3.10. The Kier molecular flexibility index (Phi) is 11.0. The smallest absolute Gasteiger partial charge is 0.311 e. The van der Waals surface area contributed by atoms with Gasteiger partial charge in [-0.3, -0.25) is 9.78 Å². The number of hydrogen-bond donors (Lipinski definition) is 0. The normalized spacial score (nSPS) is 11.8. The van der Waals surface area contributed by atoms with E-state index in [-0.39, 0.29) is 5.97 Å². The zero-order valence-electron chi connectivity index (χ0n) is 18.9. The second-order valence-corrected chi connectivity index (χ2v) is 8.07. The van der Waals surface area contributed by atoms with E-state index < -0.39 is 0 Å². The number of esters is 1. The third-order valence-corrected chi connectivity index (χ3v) is 5.33. The van der Waals surface area contributed by atoms with Crippen LogP contribution in [-0.4, -0.2) is 17.6 Å². The third kappa shape index (κ3) is 8.98. The lowest BCUT2D eigenvalue weighted by atomic mass is 10.1. The van der Waals surface area contributed by atoms with E-state index in [1.807, 2.05) is 36.4 Å². The molecule has 2 aromatic rings. The topological polar surface area (TPSA) is 48.4 Å². The van der Waals surface area contributed by atoms with Crippen LogP contribution in [0.4, 0.5) is 0 Å². The first-order valence-electron chi connectivity index (χ1n) is 11.5. The Morgan fingerprint density at radius 2 is 1.57 bits per heavy atom. The van der Waals surface area contributed by atoms with E-state index >= 15 is 0 Å². The first kappa shape index (κ1) is 23.9. The monoisotopic (exact) mass is 411 g/mol. The van der Waals surface area contributed by atoms with Gasteiger partial charge >= 0.3 is 5.97 Å². The Morgan fingerprint density at radius 1 is 0.900 bits per heavy atom. The summed E-state index contributed by atoms with van der Waals surface area (Å²) in [4.78, 5) is 16.5. The molecule has 1 atom stereocenters. The standard InChI is InChI=1S/C26H37NO3/c1-4-6-7-8-9-10-11-12-26(28)30-23-15-13-22(14-16-23)25-18-17-24(19-27-25)29-20-21(3)5-2/h13-19,21H,4-12,20H2,1-3H3. The van der Waals surface area contributed by atoms with Gasteiger partial charge in [0, 0.05) is 12.0 Å². The van der Waals surface area contributed by atoms with Crippen LogP contribution in [0.2, 0.25) is 0 Å². The number of carbonyl (C=O) groups excluding carboxylic acids is 1. The van der Waals surface area contributed by atoms with Gasteiger partial charge in [0.25, 0.3) is 0 Å². The number of unbranched alkanes of at least 4 members (excludes halogenated alkanes) is 6. The summed E-state index contributed by atoms with van der Waals surface area (Å²) in [6, 6.07) is 11.4. The Hall–Kier alpha value is -2.36. The molecule has 0 N–H and O–H groups in total. The van der Waals surface area contributed by atoms with Gasteiger partial charge in [0.05, 0.1) is 18.5 Å². The molecule has 0 aliphatic carbocycles. The molecule has 1 unspecified atom stereocenters. The molecule has 0 spiro atoms. The maximum Gasteiger partial charge on any atom is 0.311 e. The maximum atomic E-state index is 12.0. The molecule has 164 valence electrons. The Morgan fingerprint density at radius 3 is 2.20 bits per heavy atom. The van der Waals surface area contributed by atoms with Crippen LogP contribution in [0, 0.1) is 5.92 Å². The molecule has 30 heavy (non-hydrogen) atoms. The summed E-state index contributed by atoms with van der Waals surface area (Å²) in [5.74, 6) is 1.75. The van der Waals surface area contributed by atoms with Crippen molar-refractivity contribution < 1.29 is 14.3 Å². The van der Waals surface area contributed by atoms with Crippen molar-refractivity contribution in [2.24, 2.45) is 5.92 Å². The van der Waals surface area contributed by atoms with E-state index in [0.717, 1.165) is 36.3 Å². The van der Waals surface area contributed by atoms with Gasteiger partial charge in [-0.25, -0.2) is 0 Å². The number of rotatable bonds is 14. The molecule has 0 aliphatic heterocycles. The van der Waals surface area contributed by atoms with Crippen LogP contribution < -0.4 is 9.47 Å². The molecule has 0 amide bonds. The zero-order chi connectivity index (χ0) is 21.6. The predicted molar refractivity (Wildman–Crippen MR) is 123 cm³/mol. The SMILES string of the molecule is CCCCCCCCCC(=O)Oc1ccc(-c2ccc(OCC(C)CC)cn2)cc1. The average molecular weight is 412 g/mol. The van der Waals surface area contributed by atoms with E-state index in [0.29, 0.717) is 24.7 Å². The summed E-state index contributed by atoms with van der Waals surface area (Å²) >= 11 is 0. The molecule has 0 radical (unpaired) electrons. The fraction of sp³-hybridized carbons (Fsp3) is 0.538. The van der Waals surface area contributed by atoms with Crippen LogP contribution in [0.5, 0.6) is 11.5 Å². The highest BCUT2D eigenvalue weighted by Crippen LogP contribution is 2.23. The van der Waals surface area contributed by atoms with Crippen molar-refractivity contribution in [1.82, 2.24) is 4.98 Å². The lowest BCUT2D eigenvalue weighted by molar-refractivity contribution is -0.134. The van der Waals surface area contributed by atoms with Crippen molar-refractivity contribution >= 4 is 5.97 Å². The molecular formula is C26H37NO3. The van der Waals surface area contributed by atoms with Gasteiger partial charge in [0.2, 0.25) is 0 Å². The van der Waals surface area contributed by atoms with Crippen molar-refractivity contribution in [3.8, 4) is 22.8 Å². The van der Waals surface area contributed by atoms with Crippen molar-refractivity contribution in [3.63, 3.8) is 0 Å². The highest BCUT2D eigenvalue weighted by molar-refractivity contribution is 5.72. The molecule has 2 rings (SSSR count). The largest absolute Gasteiger partial charge is 0.492 e. The molecule has 0 saturated heterocycles. The Labute approximate surface area is 182 Å². The van der Waals surface area contributed by atoms with E-state index in [1.54, 1.807) is 6.20 Å². The van der Waals surface area contributed by atoms with Crippen molar-refractivity contribution in [2.75, 3.05) is 6.61 Å². The summed E-state index contributed by atoms with van der Waals surface area (Å²) < 4.78 is 11.2. The van der Waals surface area contributed by atoms with Crippen molar-refractivity contribution in [1.29, 1.82) is 0 Å². The quantitative estimate of drug-likeness (QED) is 0.187. The molecule has 0 bridgehead atoms. The Bertz CT molecular complexity index is 725. The number of pyridine rings is 1. The molecule has 1 aromatic heterocycles. The van der Waals surface area contributed by atoms with E-state index in [1.165, 1.54) is 32.1 Å². The van der Waals surface area contributed by atoms with Gasteiger partial charge in [-0.15, -0.1) is 0 Å². The summed E-state index contributed by atoms with van der Waals surface area (Å²) in [6.07, 6.45) is 11.7. The van der Waals surface area contributed by atoms with Gasteiger partial charge < -0.3 is 9.47 Å². The minimum Gasteiger partial charge on any atom is -0.492 e. The second kappa shape index (κ2) is 13.8. The van der Waals surface area contributed by atoms with Gasteiger partial charge in [0.1, 0.15) is 11.5 Å². The predicted octanol–water partition coefficient (Wildman–Crippen LogP) is 7.22. The van der Waals surface area contributed by atoms with Crippen molar-refractivity contribution in [3.05, 3.63) is 42.6 Å². The minimum atomic E-state index is -0.155. The molecule has 4 heteroatoms.